The lowest BCUT2D eigenvalue weighted by molar-refractivity contribution is 0.102. The maximum atomic E-state index is 12.3. The van der Waals surface area contributed by atoms with Gasteiger partial charge in [-0.1, -0.05) is 12.1 Å². The summed E-state index contributed by atoms with van der Waals surface area (Å²) in [5, 5.41) is 22.8. The number of carbonyl (C=O) groups excluding carboxylic acids is 1. The Bertz CT molecular complexity index is 1030. The van der Waals surface area contributed by atoms with Crippen molar-refractivity contribution in [1.82, 2.24) is 10.2 Å². The maximum Gasteiger partial charge on any atom is 0.276 e. The molecular weight excluding hydrogens is 358 g/mol. The second-order valence-corrected chi connectivity index (χ2v) is 5.61. The van der Waals surface area contributed by atoms with Crippen LogP contribution in [0.2, 0.25) is 0 Å². The predicted molar refractivity (Wildman–Crippen MR) is 104 cm³/mol. The highest BCUT2D eigenvalue weighted by molar-refractivity contribution is 6.03. The van der Waals surface area contributed by atoms with Crippen LogP contribution in [0.5, 0.6) is 11.5 Å². The van der Waals surface area contributed by atoms with Crippen molar-refractivity contribution in [2.45, 2.75) is 0 Å². The van der Waals surface area contributed by atoms with Gasteiger partial charge < -0.3 is 20.1 Å². The van der Waals surface area contributed by atoms with E-state index in [9.17, 15) is 4.79 Å². The monoisotopic (exact) mass is 375 g/mol. The Balaban J connectivity index is 1.73. The van der Waals surface area contributed by atoms with E-state index < -0.39 is 5.91 Å². The second kappa shape index (κ2) is 8.51. The number of ether oxygens (including phenoxy) is 2. The van der Waals surface area contributed by atoms with Crippen LogP contribution in [0, 0.1) is 11.3 Å². The molecule has 1 heterocycles. The SMILES string of the molecule is COc1ccc(Nc2ccc(C(=O)Nc3ccccc3C#N)nn2)c(OC)c1. The van der Waals surface area contributed by atoms with Crippen molar-refractivity contribution in [2.24, 2.45) is 0 Å². The summed E-state index contributed by atoms with van der Waals surface area (Å²) in [5.74, 6) is 1.23. The number of anilines is 3. The van der Waals surface area contributed by atoms with E-state index in [0.717, 1.165) is 0 Å². The Kier molecular flexibility index (Phi) is 5.67. The fourth-order valence-electron chi connectivity index (χ4n) is 2.44. The van der Waals surface area contributed by atoms with Gasteiger partial charge in [0.05, 0.1) is 31.2 Å². The topological polar surface area (TPSA) is 109 Å². The zero-order valence-corrected chi connectivity index (χ0v) is 15.3. The molecule has 0 aliphatic rings. The number of hydrogen-bond acceptors (Lipinski definition) is 7. The molecule has 28 heavy (non-hydrogen) atoms. The normalized spacial score (nSPS) is 9.89. The van der Waals surface area contributed by atoms with Crippen molar-refractivity contribution in [2.75, 3.05) is 24.9 Å². The van der Waals surface area contributed by atoms with Crippen molar-refractivity contribution in [1.29, 1.82) is 5.26 Å². The number of nitrogens with zero attached hydrogens (tertiary/aromatic N) is 3. The van der Waals surface area contributed by atoms with Crippen LogP contribution in [0.15, 0.2) is 54.6 Å². The number of benzene rings is 2. The number of nitriles is 1. The van der Waals surface area contributed by atoms with Gasteiger partial charge in [-0.15, -0.1) is 10.2 Å². The molecule has 1 amide bonds. The van der Waals surface area contributed by atoms with Crippen LogP contribution in [0.25, 0.3) is 0 Å². The fourth-order valence-corrected chi connectivity index (χ4v) is 2.44. The lowest BCUT2D eigenvalue weighted by atomic mass is 10.2. The van der Waals surface area contributed by atoms with Gasteiger partial charge in [0, 0.05) is 6.07 Å². The first-order valence-corrected chi connectivity index (χ1v) is 8.28. The van der Waals surface area contributed by atoms with Gasteiger partial charge in [-0.05, 0) is 36.4 Å². The van der Waals surface area contributed by atoms with E-state index in [-0.39, 0.29) is 5.69 Å². The van der Waals surface area contributed by atoms with Crippen LogP contribution in [0.4, 0.5) is 17.2 Å². The highest BCUT2D eigenvalue weighted by atomic mass is 16.5. The van der Waals surface area contributed by atoms with Crippen molar-refractivity contribution in [3.8, 4) is 17.6 Å². The number of aromatic nitrogens is 2. The van der Waals surface area contributed by atoms with Gasteiger partial charge in [0.2, 0.25) is 0 Å². The zero-order valence-electron chi connectivity index (χ0n) is 15.3. The second-order valence-electron chi connectivity index (χ2n) is 5.61. The van der Waals surface area contributed by atoms with Gasteiger partial charge in [-0.3, -0.25) is 4.79 Å². The average Bonchev–Trinajstić information content (AvgIpc) is 2.74. The van der Waals surface area contributed by atoms with Gasteiger partial charge >= 0.3 is 0 Å². The van der Waals surface area contributed by atoms with Gasteiger partial charge in [-0.25, -0.2) is 0 Å². The Morgan fingerprint density at radius 1 is 1.00 bits per heavy atom. The minimum atomic E-state index is -0.455. The first-order chi connectivity index (χ1) is 13.6. The number of rotatable bonds is 6. The molecule has 2 N–H and O–H groups in total. The van der Waals surface area contributed by atoms with Gasteiger partial charge in [0.1, 0.15) is 17.6 Å². The summed E-state index contributed by atoms with van der Waals surface area (Å²) in [7, 11) is 3.13. The fraction of sp³-hybridized carbons (Fsp3) is 0.100. The quantitative estimate of drug-likeness (QED) is 0.680. The molecule has 8 heteroatoms. The first-order valence-electron chi connectivity index (χ1n) is 8.28. The standard InChI is InChI=1S/C20H17N5O3/c1-27-14-7-8-16(18(11-14)28-2)22-19-10-9-17(24-25-19)20(26)23-15-6-4-3-5-13(15)12-21/h3-11H,1-2H3,(H,22,25)(H,23,26). The minimum absolute atomic E-state index is 0.125. The zero-order chi connectivity index (χ0) is 19.9. The molecule has 0 saturated heterocycles. The molecule has 1 aromatic heterocycles. The molecule has 0 atom stereocenters. The summed E-state index contributed by atoms with van der Waals surface area (Å²) in [4.78, 5) is 12.3. The smallest absolute Gasteiger partial charge is 0.276 e. The summed E-state index contributed by atoms with van der Waals surface area (Å²) < 4.78 is 10.5. The van der Waals surface area contributed by atoms with E-state index in [2.05, 4.69) is 20.8 Å². The van der Waals surface area contributed by atoms with Gasteiger partial charge in [0.25, 0.3) is 5.91 Å². The van der Waals surface area contributed by atoms with E-state index in [1.54, 1.807) is 62.8 Å². The molecule has 0 fully saturated rings. The lowest BCUT2D eigenvalue weighted by Crippen LogP contribution is -2.15. The van der Waals surface area contributed by atoms with Crippen LogP contribution in [-0.4, -0.2) is 30.3 Å². The molecule has 0 unspecified atom stereocenters. The molecule has 3 aromatic rings. The van der Waals surface area contributed by atoms with Gasteiger partial charge in [-0.2, -0.15) is 5.26 Å². The van der Waals surface area contributed by atoms with E-state index in [1.807, 2.05) is 6.07 Å². The largest absolute Gasteiger partial charge is 0.497 e. The molecule has 0 aliphatic heterocycles. The number of amides is 1. The van der Waals surface area contributed by atoms with E-state index in [4.69, 9.17) is 14.7 Å². The number of para-hydroxylation sites is 1. The number of methoxy groups -OCH3 is 2. The number of hydrogen-bond donors (Lipinski definition) is 2. The van der Waals surface area contributed by atoms with Crippen LogP contribution < -0.4 is 20.1 Å². The van der Waals surface area contributed by atoms with Crippen molar-refractivity contribution < 1.29 is 14.3 Å². The van der Waals surface area contributed by atoms with Crippen LogP contribution >= 0.6 is 0 Å². The van der Waals surface area contributed by atoms with Crippen molar-refractivity contribution in [3.05, 3.63) is 65.9 Å². The first kappa shape index (κ1) is 18.7. The summed E-state index contributed by atoms with van der Waals surface area (Å²) in [5.41, 5.74) is 1.59. The molecule has 0 saturated carbocycles. The molecule has 3 rings (SSSR count). The minimum Gasteiger partial charge on any atom is -0.497 e. The van der Waals surface area contributed by atoms with E-state index >= 15 is 0 Å². The average molecular weight is 375 g/mol. The summed E-state index contributed by atoms with van der Waals surface area (Å²) >= 11 is 0. The summed E-state index contributed by atoms with van der Waals surface area (Å²) in [6.45, 7) is 0. The molecule has 0 spiro atoms. The molecule has 140 valence electrons. The Morgan fingerprint density at radius 2 is 1.82 bits per heavy atom. The predicted octanol–water partition coefficient (Wildman–Crippen LogP) is 3.36. The third kappa shape index (κ3) is 4.16. The third-order valence-corrected chi connectivity index (χ3v) is 3.86. The number of carbonyl (C=O) groups is 1. The highest BCUT2D eigenvalue weighted by Crippen LogP contribution is 2.30. The Labute approximate surface area is 161 Å². The molecule has 0 radical (unpaired) electrons. The van der Waals surface area contributed by atoms with Crippen LogP contribution in [-0.2, 0) is 0 Å². The lowest BCUT2D eigenvalue weighted by Gasteiger charge is -2.12. The van der Waals surface area contributed by atoms with Crippen LogP contribution in [0.3, 0.4) is 0 Å². The molecule has 0 aliphatic carbocycles. The number of nitrogens with one attached hydrogen (secondary N) is 2. The maximum absolute atomic E-state index is 12.3. The molecule has 2 aromatic carbocycles. The van der Waals surface area contributed by atoms with Crippen molar-refractivity contribution in [3.63, 3.8) is 0 Å². The third-order valence-electron chi connectivity index (χ3n) is 3.86. The van der Waals surface area contributed by atoms with Crippen LogP contribution in [0.1, 0.15) is 16.1 Å². The van der Waals surface area contributed by atoms with E-state index in [0.29, 0.717) is 34.3 Å². The molecular formula is C20H17N5O3. The summed E-state index contributed by atoms with van der Waals surface area (Å²) in [6.07, 6.45) is 0. The van der Waals surface area contributed by atoms with Crippen molar-refractivity contribution >= 4 is 23.1 Å². The molecule has 0 bridgehead atoms. The van der Waals surface area contributed by atoms with E-state index in [1.165, 1.54) is 6.07 Å². The van der Waals surface area contributed by atoms with Gasteiger partial charge in [0.15, 0.2) is 11.5 Å². The highest BCUT2D eigenvalue weighted by Gasteiger charge is 2.12. The Hall–Kier alpha value is -4.12. The Morgan fingerprint density at radius 3 is 2.50 bits per heavy atom. The summed E-state index contributed by atoms with van der Waals surface area (Å²) in [6, 6.07) is 17.2. The molecule has 8 nitrogen and oxygen atoms in total.